The summed E-state index contributed by atoms with van der Waals surface area (Å²) >= 11 is 1.18. The van der Waals surface area contributed by atoms with Gasteiger partial charge in [-0.3, -0.25) is 0 Å². The molecule has 0 atom stereocenters. The first-order valence-corrected chi connectivity index (χ1v) is 13.9. The largest absolute Gasteiger partial charge is 0.515 e. The van der Waals surface area contributed by atoms with Gasteiger partial charge >= 0.3 is 6.16 Å². The summed E-state index contributed by atoms with van der Waals surface area (Å²) in [7, 11) is 1.63. The van der Waals surface area contributed by atoms with Gasteiger partial charge in [-0.2, -0.15) is 8.75 Å². The Labute approximate surface area is 241 Å². The van der Waals surface area contributed by atoms with Crippen LogP contribution in [0.4, 0.5) is 4.79 Å². The van der Waals surface area contributed by atoms with Gasteiger partial charge in [0.2, 0.25) is 5.88 Å². The van der Waals surface area contributed by atoms with Gasteiger partial charge in [-0.1, -0.05) is 48.5 Å². The Morgan fingerprint density at radius 3 is 2.41 bits per heavy atom. The summed E-state index contributed by atoms with van der Waals surface area (Å²) in [6.07, 6.45) is -0.772. The molecule has 6 aromatic rings. The van der Waals surface area contributed by atoms with E-state index < -0.39 is 6.16 Å². The fraction of sp³-hybridized carbons (Fsp3) is 0.156. The van der Waals surface area contributed by atoms with Crippen LogP contribution in [-0.4, -0.2) is 33.2 Å². The normalized spacial score (nSPS) is 11.1. The number of methoxy groups -OCH3 is 1. The number of hydrogen-bond acceptors (Lipinski definition) is 8. The first-order chi connectivity index (χ1) is 20.1. The summed E-state index contributed by atoms with van der Waals surface area (Å²) in [6.45, 7) is 2.78. The third-order valence-electron chi connectivity index (χ3n) is 6.72. The molecule has 0 radical (unpaired) electrons. The number of fused-ring (bicyclic) bond motifs is 2. The Morgan fingerprint density at radius 1 is 0.854 bits per heavy atom. The quantitative estimate of drug-likeness (QED) is 0.168. The highest BCUT2D eigenvalue weighted by atomic mass is 32.1. The van der Waals surface area contributed by atoms with Crippen molar-refractivity contribution in [2.75, 3.05) is 13.7 Å². The molecule has 9 heteroatoms. The van der Waals surface area contributed by atoms with Crippen molar-refractivity contribution in [2.24, 2.45) is 0 Å². The number of hydrogen-bond donors (Lipinski definition) is 0. The lowest BCUT2D eigenvalue weighted by Gasteiger charge is -2.13. The minimum atomic E-state index is -0.772. The summed E-state index contributed by atoms with van der Waals surface area (Å²) in [5.74, 6) is 1.80. The van der Waals surface area contributed by atoms with Gasteiger partial charge in [-0.25, -0.2) is 4.79 Å². The van der Waals surface area contributed by atoms with Crippen LogP contribution in [-0.2, 0) is 17.9 Å². The van der Waals surface area contributed by atoms with E-state index >= 15 is 0 Å². The van der Waals surface area contributed by atoms with Gasteiger partial charge in [-0.05, 0) is 60.0 Å². The first-order valence-electron chi connectivity index (χ1n) is 13.2. The summed E-state index contributed by atoms with van der Waals surface area (Å²) in [5, 5.41) is 0.901. The Morgan fingerprint density at radius 2 is 1.63 bits per heavy atom. The minimum absolute atomic E-state index is 0.196. The van der Waals surface area contributed by atoms with Crippen molar-refractivity contribution in [3.05, 3.63) is 102 Å². The van der Waals surface area contributed by atoms with Crippen molar-refractivity contribution in [3.63, 3.8) is 0 Å². The molecule has 0 aliphatic rings. The van der Waals surface area contributed by atoms with Crippen LogP contribution in [0.25, 0.3) is 33.1 Å². The van der Waals surface area contributed by atoms with Crippen LogP contribution in [0.15, 0.2) is 91.0 Å². The fourth-order valence-corrected chi connectivity index (χ4v) is 5.29. The molecular formula is C32H27N3O5S. The van der Waals surface area contributed by atoms with Crippen molar-refractivity contribution in [3.8, 4) is 28.5 Å². The highest BCUT2D eigenvalue weighted by Crippen LogP contribution is 2.43. The Hall–Kier alpha value is -4.89. The van der Waals surface area contributed by atoms with E-state index in [2.05, 4.69) is 8.75 Å². The number of benzene rings is 4. The van der Waals surface area contributed by atoms with E-state index in [0.717, 1.165) is 49.9 Å². The van der Waals surface area contributed by atoms with E-state index in [-0.39, 0.29) is 6.61 Å². The standard InChI is InChI=1S/C32H27N3O5S/c1-3-38-32(36)40-31-30(23-10-12-24(37-2)13-11-23)26-15-14-25(39-20-21-7-5-4-6-8-21)18-29(26)35(31)19-22-9-16-27-28(17-22)34-41-33-27/h4-18H,3,19-20H2,1-2H3. The minimum Gasteiger partial charge on any atom is -0.497 e. The van der Waals surface area contributed by atoms with Crippen molar-refractivity contribution in [2.45, 2.75) is 20.1 Å². The highest BCUT2D eigenvalue weighted by molar-refractivity contribution is 7.00. The van der Waals surface area contributed by atoms with E-state index in [1.165, 1.54) is 11.7 Å². The topological polar surface area (TPSA) is 84.7 Å². The summed E-state index contributed by atoms with van der Waals surface area (Å²) < 4.78 is 33.4. The van der Waals surface area contributed by atoms with Crippen molar-refractivity contribution < 1.29 is 23.7 Å². The van der Waals surface area contributed by atoms with Gasteiger partial charge in [0.05, 0.1) is 43.1 Å². The van der Waals surface area contributed by atoms with Crippen molar-refractivity contribution in [1.29, 1.82) is 0 Å². The molecule has 8 nitrogen and oxygen atoms in total. The van der Waals surface area contributed by atoms with Crippen molar-refractivity contribution >= 4 is 39.8 Å². The van der Waals surface area contributed by atoms with Crippen LogP contribution < -0.4 is 14.2 Å². The monoisotopic (exact) mass is 565 g/mol. The molecule has 2 aromatic heterocycles. The molecule has 0 fully saturated rings. The summed E-state index contributed by atoms with van der Waals surface area (Å²) in [5.41, 5.74) is 6.18. The number of ether oxygens (including phenoxy) is 4. The van der Waals surface area contributed by atoms with Crippen LogP contribution in [0.5, 0.6) is 17.4 Å². The average molecular weight is 566 g/mol. The van der Waals surface area contributed by atoms with Crippen LogP contribution in [0, 0.1) is 0 Å². The predicted octanol–water partition coefficient (Wildman–Crippen LogP) is 7.48. The molecular weight excluding hydrogens is 538 g/mol. The Balaban J connectivity index is 1.50. The molecule has 0 amide bonds. The van der Waals surface area contributed by atoms with Gasteiger partial charge in [0.15, 0.2) is 0 Å². The van der Waals surface area contributed by atoms with Gasteiger partial charge in [0.25, 0.3) is 0 Å². The maximum Gasteiger partial charge on any atom is 0.515 e. The third-order valence-corrected chi connectivity index (χ3v) is 7.27. The van der Waals surface area contributed by atoms with E-state index in [4.69, 9.17) is 18.9 Å². The second-order valence-corrected chi connectivity index (χ2v) is 9.85. The maximum atomic E-state index is 12.7. The molecule has 0 saturated carbocycles. The SMILES string of the molecule is CCOC(=O)Oc1c(-c2ccc(OC)cc2)c2ccc(OCc3ccccc3)cc2n1Cc1ccc2nsnc2c1. The van der Waals surface area contributed by atoms with Crippen LogP contribution >= 0.6 is 11.7 Å². The molecule has 206 valence electrons. The Bertz CT molecular complexity index is 1810. The highest BCUT2D eigenvalue weighted by Gasteiger charge is 2.24. The number of rotatable bonds is 9. The molecule has 0 aliphatic carbocycles. The zero-order valence-electron chi connectivity index (χ0n) is 22.6. The molecule has 6 rings (SSSR count). The molecule has 0 unspecified atom stereocenters. The smallest absolute Gasteiger partial charge is 0.497 e. The molecule has 0 N–H and O–H groups in total. The molecule has 0 aliphatic heterocycles. The molecule has 0 spiro atoms. The molecule has 0 saturated heterocycles. The number of carbonyl (C=O) groups is 1. The lowest BCUT2D eigenvalue weighted by atomic mass is 10.0. The van der Waals surface area contributed by atoms with Gasteiger partial charge in [-0.15, -0.1) is 0 Å². The fourth-order valence-electron chi connectivity index (χ4n) is 4.77. The van der Waals surface area contributed by atoms with Crippen LogP contribution in [0.2, 0.25) is 0 Å². The predicted molar refractivity (Wildman–Crippen MR) is 159 cm³/mol. The molecule has 2 heterocycles. The second-order valence-electron chi connectivity index (χ2n) is 9.32. The summed E-state index contributed by atoms with van der Waals surface area (Å²) in [4.78, 5) is 12.7. The van der Waals surface area contributed by atoms with E-state index in [0.29, 0.717) is 24.8 Å². The number of carbonyl (C=O) groups excluding carboxylic acids is 1. The zero-order valence-corrected chi connectivity index (χ0v) is 23.4. The van der Waals surface area contributed by atoms with Crippen LogP contribution in [0.3, 0.4) is 0 Å². The first kappa shape index (κ1) is 26.3. The second kappa shape index (κ2) is 11.7. The van der Waals surface area contributed by atoms with Crippen LogP contribution in [0.1, 0.15) is 18.1 Å². The number of nitrogens with zero attached hydrogens (tertiary/aromatic N) is 3. The van der Waals surface area contributed by atoms with E-state index in [1.54, 1.807) is 14.0 Å². The Kier molecular flexibility index (Phi) is 7.51. The van der Waals surface area contributed by atoms with Crippen molar-refractivity contribution in [1.82, 2.24) is 13.3 Å². The molecule has 4 aromatic carbocycles. The number of aromatic nitrogens is 3. The van der Waals surface area contributed by atoms with Gasteiger partial charge in [0.1, 0.15) is 29.1 Å². The average Bonchev–Trinajstić information content (AvgIpc) is 3.59. The zero-order chi connectivity index (χ0) is 28.2. The molecule has 41 heavy (non-hydrogen) atoms. The lowest BCUT2D eigenvalue weighted by Crippen LogP contribution is -2.14. The third kappa shape index (κ3) is 5.57. The van der Waals surface area contributed by atoms with E-state index in [1.807, 2.05) is 95.6 Å². The van der Waals surface area contributed by atoms with Gasteiger partial charge in [0, 0.05) is 11.5 Å². The molecule has 0 bridgehead atoms. The van der Waals surface area contributed by atoms with Gasteiger partial charge < -0.3 is 23.5 Å². The van der Waals surface area contributed by atoms with E-state index in [9.17, 15) is 4.79 Å². The summed E-state index contributed by atoms with van der Waals surface area (Å²) in [6, 6.07) is 29.5. The lowest BCUT2D eigenvalue weighted by molar-refractivity contribution is 0.101. The maximum absolute atomic E-state index is 12.7.